The summed E-state index contributed by atoms with van der Waals surface area (Å²) in [5, 5.41) is 5.28. The molecular weight excluding hydrogens is 231 g/mol. The highest BCUT2D eigenvalue weighted by atomic mass is 35.5. The van der Waals surface area contributed by atoms with Crippen molar-refractivity contribution in [1.29, 1.82) is 0 Å². The molecule has 2 rings (SSSR count). The van der Waals surface area contributed by atoms with Crippen LogP contribution in [0, 0.1) is 0 Å². The van der Waals surface area contributed by atoms with Crippen molar-refractivity contribution in [1.82, 2.24) is 10.3 Å². The third kappa shape index (κ3) is 2.07. The summed E-state index contributed by atoms with van der Waals surface area (Å²) in [6, 6.07) is 5.56. The van der Waals surface area contributed by atoms with Crippen molar-refractivity contribution < 1.29 is 0 Å². The lowest BCUT2D eigenvalue weighted by atomic mass is 10.1. The van der Waals surface area contributed by atoms with Crippen LogP contribution in [0.5, 0.6) is 0 Å². The van der Waals surface area contributed by atoms with Crippen LogP contribution >= 0.6 is 23.2 Å². The van der Waals surface area contributed by atoms with Gasteiger partial charge >= 0.3 is 0 Å². The quantitative estimate of drug-likeness (QED) is 0.872. The third-order valence-corrected chi connectivity index (χ3v) is 2.82. The van der Waals surface area contributed by atoms with E-state index in [9.17, 15) is 0 Å². The normalized spacial score (nSPS) is 10.9. The van der Waals surface area contributed by atoms with E-state index in [0.717, 1.165) is 23.0 Å². The molecule has 0 aliphatic carbocycles. The second-order valence-electron chi connectivity index (χ2n) is 3.30. The highest BCUT2D eigenvalue weighted by molar-refractivity contribution is 6.39. The average Bonchev–Trinajstić information content (AvgIpc) is 2.24. The van der Waals surface area contributed by atoms with Crippen LogP contribution in [0.1, 0.15) is 5.56 Å². The number of benzene rings is 1. The van der Waals surface area contributed by atoms with Crippen LogP contribution in [0.4, 0.5) is 0 Å². The Morgan fingerprint density at radius 3 is 2.73 bits per heavy atom. The van der Waals surface area contributed by atoms with Gasteiger partial charge in [0.2, 0.25) is 0 Å². The van der Waals surface area contributed by atoms with Crippen LogP contribution in [-0.4, -0.2) is 12.0 Å². The van der Waals surface area contributed by atoms with E-state index in [-0.39, 0.29) is 0 Å². The van der Waals surface area contributed by atoms with Crippen molar-refractivity contribution in [2.45, 2.75) is 6.54 Å². The molecule has 0 saturated carbocycles. The molecule has 0 fully saturated rings. The first-order valence-corrected chi connectivity index (χ1v) is 5.35. The Hall–Kier alpha value is -0.830. The highest BCUT2D eigenvalue weighted by Crippen LogP contribution is 2.28. The Morgan fingerprint density at radius 2 is 2.00 bits per heavy atom. The van der Waals surface area contributed by atoms with E-state index < -0.39 is 0 Å². The molecule has 0 amide bonds. The Labute approximate surface area is 98.2 Å². The van der Waals surface area contributed by atoms with Crippen LogP contribution in [-0.2, 0) is 6.54 Å². The smallest absolute Gasteiger partial charge is 0.0903 e. The zero-order valence-corrected chi connectivity index (χ0v) is 9.73. The van der Waals surface area contributed by atoms with E-state index in [1.165, 1.54) is 0 Å². The molecule has 4 heteroatoms. The number of halogens is 2. The Morgan fingerprint density at radius 1 is 1.27 bits per heavy atom. The predicted molar refractivity (Wildman–Crippen MR) is 64.5 cm³/mol. The van der Waals surface area contributed by atoms with Crippen molar-refractivity contribution in [2.75, 3.05) is 7.05 Å². The molecule has 0 atom stereocenters. The van der Waals surface area contributed by atoms with Gasteiger partial charge in [-0.15, -0.1) is 0 Å². The lowest BCUT2D eigenvalue weighted by Gasteiger charge is -2.05. The summed E-state index contributed by atoms with van der Waals surface area (Å²) in [6.45, 7) is 0.770. The molecule has 0 unspecified atom stereocenters. The maximum Gasteiger partial charge on any atom is 0.0903 e. The van der Waals surface area contributed by atoms with Crippen molar-refractivity contribution >= 4 is 34.1 Å². The first-order valence-electron chi connectivity index (χ1n) is 4.59. The van der Waals surface area contributed by atoms with Gasteiger partial charge in [-0.1, -0.05) is 23.2 Å². The van der Waals surface area contributed by atoms with Gasteiger partial charge < -0.3 is 5.32 Å². The summed E-state index contributed by atoms with van der Waals surface area (Å²) in [5.74, 6) is 0. The summed E-state index contributed by atoms with van der Waals surface area (Å²) in [6.07, 6.45) is 1.81. The maximum atomic E-state index is 6.08. The zero-order chi connectivity index (χ0) is 10.8. The Bertz CT molecular complexity index is 497. The van der Waals surface area contributed by atoms with Crippen LogP contribution in [0.3, 0.4) is 0 Å². The molecule has 15 heavy (non-hydrogen) atoms. The van der Waals surface area contributed by atoms with Gasteiger partial charge in [-0.05, 0) is 30.8 Å². The van der Waals surface area contributed by atoms with Gasteiger partial charge in [0.25, 0.3) is 0 Å². The molecule has 78 valence electrons. The van der Waals surface area contributed by atoms with Gasteiger partial charge in [0.1, 0.15) is 0 Å². The second kappa shape index (κ2) is 4.35. The average molecular weight is 241 g/mol. The van der Waals surface area contributed by atoms with Crippen LogP contribution in [0.25, 0.3) is 10.9 Å². The first-order chi connectivity index (χ1) is 7.22. The minimum Gasteiger partial charge on any atom is -0.316 e. The van der Waals surface area contributed by atoms with Gasteiger partial charge in [0, 0.05) is 18.1 Å². The molecular formula is C11H10Cl2N2. The minimum atomic E-state index is 0.630. The van der Waals surface area contributed by atoms with Gasteiger partial charge in [-0.3, -0.25) is 4.98 Å². The van der Waals surface area contributed by atoms with Gasteiger partial charge in [-0.2, -0.15) is 0 Å². The summed E-state index contributed by atoms with van der Waals surface area (Å²) >= 11 is 12.1. The number of nitrogens with one attached hydrogen (secondary N) is 1. The zero-order valence-electron chi connectivity index (χ0n) is 8.22. The standard InChI is InChI=1S/C11H10Cl2N2/c1-14-5-7-4-8-9(12)2-3-10(13)11(8)15-6-7/h2-4,6,14H,5H2,1H3. The molecule has 1 aromatic heterocycles. The molecule has 0 radical (unpaired) electrons. The molecule has 0 aliphatic rings. The Kier molecular flexibility index (Phi) is 3.10. The fourth-order valence-corrected chi connectivity index (χ4v) is 1.92. The van der Waals surface area contributed by atoms with E-state index in [2.05, 4.69) is 10.3 Å². The van der Waals surface area contributed by atoms with E-state index in [1.54, 1.807) is 18.3 Å². The number of rotatable bonds is 2. The van der Waals surface area contributed by atoms with Crippen molar-refractivity contribution in [3.05, 3.63) is 40.0 Å². The number of nitrogens with zero attached hydrogens (tertiary/aromatic N) is 1. The number of aromatic nitrogens is 1. The molecule has 0 bridgehead atoms. The van der Waals surface area contributed by atoms with Gasteiger partial charge in [0.05, 0.1) is 15.6 Å². The maximum absolute atomic E-state index is 6.08. The van der Waals surface area contributed by atoms with E-state index in [0.29, 0.717) is 10.0 Å². The van der Waals surface area contributed by atoms with Crippen LogP contribution < -0.4 is 5.32 Å². The van der Waals surface area contributed by atoms with Crippen molar-refractivity contribution in [3.63, 3.8) is 0 Å². The van der Waals surface area contributed by atoms with Crippen LogP contribution in [0.2, 0.25) is 10.0 Å². The fraction of sp³-hybridized carbons (Fsp3) is 0.182. The molecule has 1 heterocycles. The van der Waals surface area contributed by atoms with Crippen molar-refractivity contribution in [3.8, 4) is 0 Å². The SMILES string of the molecule is CNCc1cnc2c(Cl)ccc(Cl)c2c1. The minimum absolute atomic E-state index is 0.630. The van der Waals surface area contributed by atoms with Gasteiger partial charge in [0.15, 0.2) is 0 Å². The van der Waals surface area contributed by atoms with Crippen molar-refractivity contribution in [2.24, 2.45) is 0 Å². The number of hydrogen-bond acceptors (Lipinski definition) is 2. The topological polar surface area (TPSA) is 24.9 Å². The molecule has 2 aromatic rings. The summed E-state index contributed by atoms with van der Waals surface area (Å²) in [4.78, 5) is 4.30. The third-order valence-electron chi connectivity index (χ3n) is 2.18. The molecule has 1 aromatic carbocycles. The molecule has 0 spiro atoms. The monoisotopic (exact) mass is 240 g/mol. The number of hydrogen-bond donors (Lipinski definition) is 1. The lowest BCUT2D eigenvalue weighted by Crippen LogP contribution is -2.05. The molecule has 0 aliphatic heterocycles. The highest BCUT2D eigenvalue weighted by Gasteiger charge is 2.05. The predicted octanol–water partition coefficient (Wildman–Crippen LogP) is 3.26. The Balaban J connectivity index is 2.65. The lowest BCUT2D eigenvalue weighted by molar-refractivity contribution is 0.815. The van der Waals surface area contributed by atoms with Gasteiger partial charge in [-0.25, -0.2) is 0 Å². The molecule has 2 nitrogen and oxygen atoms in total. The molecule has 1 N–H and O–H groups in total. The summed E-state index contributed by atoms with van der Waals surface area (Å²) in [7, 11) is 1.89. The van der Waals surface area contributed by atoms with E-state index >= 15 is 0 Å². The van der Waals surface area contributed by atoms with E-state index in [1.807, 2.05) is 13.1 Å². The largest absolute Gasteiger partial charge is 0.316 e. The second-order valence-corrected chi connectivity index (χ2v) is 4.11. The summed E-state index contributed by atoms with van der Waals surface area (Å²) < 4.78 is 0. The summed E-state index contributed by atoms with van der Waals surface area (Å²) in [5.41, 5.74) is 1.85. The molecule has 0 saturated heterocycles. The van der Waals surface area contributed by atoms with E-state index in [4.69, 9.17) is 23.2 Å². The number of pyridine rings is 1. The fourth-order valence-electron chi connectivity index (χ4n) is 1.50. The first kappa shape index (κ1) is 10.7. The van der Waals surface area contributed by atoms with Crippen LogP contribution in [0.15, 0.2) is 24.4 Å². The number of fused-ring (bicyclic) bond motifs is 1.